The molecular formula is C16H24N2O5. The number of amides is 2. The van der Waals surface area contributed by atoms with Crippen molar-refractivity contribution in [1.82, 2.24) is 4.90 Å². The van der Waals surface area contributed by atoms with Crippen LogP contribution in [0.3, 0.4) is 0 Å². The summed E-state index contributed by atoms with van der Waals surface area (Å²) in [5.74, 6) is 1.27. The Hall–Kier alpha value is -1.99. The molecule has 1 aliphatic rings. The number of aliphatic hydroxyl groups excluding tert-OH is 1. The molecule has 1 heterocycles. The van der Waals surface area contributed by atoms with Gasteiger partial charge >= 0.3 is 6.03 Å². The van der Waals surface area contributed by atoms with Crippen LogP contribution in [0, 0.1) is 0 Å². The summed E-state index contributed by atoms with van der Waals surface area (Å²) in [6.07, 6.45) is 0.00668. The second-order valence-electron chi connectivity index (χ2n) is 5.08. The lowest BCUT2D eigenvalue weighted by Crippen LogP contribution is -2.56. The van der Waals surface area contributed by atoms with E-state index < -0.39 is 0 Å². The largest absolute Gasteiger partial charge is 0.490 e. The molecule has 0 aromatic heterocycles. The summed E-state index contributed by atoms with van der Waals surface area (Å²) < 4.78 is 16.4. The number of nitrogens with zero attached hydrogens (tertiary/aromatic N) is 1. The lowest BCUT2D eigenvalue weighted by Gasteiger charge is -2.38. The summed E-state index contributed by atoms with van der Waals surface area (Å²) in [5.41, 5.74) is 0.654. The first-order valence-electron chi connectivity index (χ1n) is 7.86. The van der Waals surface area contributed by atoms with Crippen molar-refractivity contribution in [3.05, 3.63) is 18.2 Å². The molecule has 1 fully saturated rings. The monoisotopic (exact) mass is 324 g/mol. The maximum atomic E-state index is 12.1. The van der Waals surface area contributed by atoms with Crippen LogP contribution < -0.4 is 14.8 Å². The van der Waals surface area contributed by atoms with Gasteiger partial charge in [-0.2, -0.15) is 0 Å². The van der Waals surface area contributed by atoms with Crippen molar-refractivity contribution in [3.8, 4) is 11.5 Å². The normalized spacial score (nSPS) is 14.3. The molecule has 0 saturated carbocycles. The van der Waals surface area contributed by atoms with Crippen molar-refractivity contribution in [2.75, 3.05) is 44.8 Å². The van der Waals surface area contributed by atoms with E-state index in [0.717, 1.165) is 0 Å². The highest BCUT2D eigenvalue weighted by Crippen LogP contribution is 2.31. The molecule has 0 atom stereocenters. The van der Waals surface area contributed by atoms with E-state index >= 15 is 0 Å². The first-order chi connectivity index (χ1) is 11.2. The zero-order valence-electron chi connectivity index (χ0n) is 13.6. The first-order valence-corrected chi connectivity index (χ1v) is 7.86. The van der Waals surface area contributed by atoms with Gasteiger partial charge < -0.3 is 29.5 Å². The Kier molecular flexibility index (Phi) is 6.49. The second kappa shape index (κ2) is 8.59. The Morgan fingerprint density at radius 3 is 2.61 bits per heavy atom. The molecule has 0 spiro atoms. The summed E-state index contributed by atoms with van der Waals surface area (Å²) in [6, 6.07) is 5.14. The van der Waals surface area contributed by atoms with Gasteiger partial charge in [-0.05, 0) is 26.0 Å². The molecule has 0 unspecified atom stereocenters. The highest BCUT2D eigenvalue weighted by atomic mass is 16.5. The third-order valence-electron chi connectivity index (χ3n) is 3.37. The van der Waals surface area contributed by atoms with E-state index in [1.54, 1.807) is 23.1 Å². The molecule has 23 heavy (non-hydrogen) atoms. The molecule has 1 aliphatic heterocycles. The smallest absolute Gasteiger partial charge is 0.322 e. The fourth-order valence-corrected chi connectivity index (χ4v) is 2.26. The van der Waals surface area contributed by atoms with Crippen LogP contribution in [0.25, 0.3) is 0 Å². The Balaban J connectivity index is 1.90. The molecule has 1 aromatic rings. The Morgan fingerprint density at radius 2 is 1.96 bits per heavy atom. The highest BCUT2D eigenvalue weighted by Gasteiger charge is 2.31. The van der Waals surface area contributed by atoms with Gasteiger partial charge in [-0.15, -0.1) is 0 Å². The van der Waals surface area contributed by atoms with Crippen LogP contribution in [0.4, 0.5) is 10.5 Å². The minimum absolute atomic E-state index is 0.00488. The van der Waals surface area contributed by atoms with Crippen molar-refractivity contribution in [3.63, 3.8) is 0 Å². The predicted octanol–water partition coefficient (Wildman–Crippen LogP) is 1.71. The molecule has 0 aliphatic carbocycles. The van der Waals surface area contributed by atoms with Crippen LogP contribution >= 0.6 is 0 Å². The molecule has 1 aromatic carbocycles. The number of carbonyl (C=O) groups is 1. The number of hydrogen-bond donors (Lipinski definition) is 2. The number of likely N-dealkylation sites (tertiary alicyclic amines) is 1. The number of rotatable bonds is 8. The van der Waals surface area contributed by atoms with Crippen molar-refractivity contribution in [2.24, 2.45) is 0 Å². The molecule has 2 rings (SSSR count). The third-order valence-corrected chi connectivity index (χ3v) is 3.37. The van der Waals surface area contributed by atoms with Crippen LogP contribution in [0.5, 0.6) is 11.5 Å². The van der Waals surface area contributed by atoms with E-state index in [1.165, 1.54) is 0 Å². The number of ether oxygens (including phenoxy) is 3. The van der Waals surface area contributed by atoms with Gasteiger partial charge in [-0.3, -0.25) is 0 Å². The average molecular weight is 324 g/mol. The zero-order valence-corrected chi connectivity index (χ0v) is 13.6. The van der Waals surface area contributed by atoms with Crippen LogP contribution in [0.2, 0.25) is 0 Å². The number of hydrogen-bond acceptors (Lipinski definition) is 5. The number of carbonyl (C=O) groups excluding carboxylic acids is 1. The fourth-order valence-electron chi connectivity index (χ4n) is 2.26. The zero-order chi connectivity index (χ0) is 16.7. The summed E-state index contributed by atoms with van der Waals surface area (Å²) in [5, 5.41) is 11.5. The van der Waals surface area contributed by atoms with Gasteiger partial charge in [0.2, 0.25) is 0 Å². The van der Waals surface area contributed by atoms with Gasteiger partial charge in [0.15, 0.2) is 11.5 Å². The number of anilines is 1. The van der Waals surface area contributed by atoms with Crippen molar-refractivity contribution in [2.45, 2.75) is 20.0 Å². The Morgan fingerprint density at radius 1 is 1.26 bits per heavy atom. The average Bonchev–Trinajstić information content (AvgIpc) is 2.49. The number of benzene rings is 1. The topological polar surface area (TPSA) is 80.3 Å². The van der Waals surface area contributed by atoms with E-state index in [4.69, 9.17) is 19.3 Å². The Bertz CT molecular complexity index is 517. The standard InChI is InChI=1S/C16H24N2O5/c1-3-21-14-6-5-12(9-15(14)22-4-2)17-16(20)18-10-13(11-18)23-8-7-19/h5-6,9,13,19H,3-4,7-8,10-11H2,1-2H3,(H,17,20). The molecule has 2 N–H and O–H groups in total. The molecule has 2 amide bonds. The van der Waals surface area contributed by atoms with Crippen LogP contribution in [0.15, 0.2) is 18.2 Å². The van der Waals surface area contributed by atoms with Gasteiger partial charge in [0.25, 0.3) is 0 Å². The number of nitrogens with one attached hydrogen (secondary N) is 1. The van der Waals surface area contributed by atoms with Crippen LogP contribution in [-0.2, 0) is 4.74 Å². The van der Waals surface area contributed by atoms with Crippen LogP contribution in [-0.4, -0.2) is 61.7 Å². The predicted molar refractivity (Wildman–Crippen MR) is 86.2 cm³/mol. The van der Waals surface area contributed by atoms with Crippen molar-refractivity contribution >= 4 is 11.7 Å². The molecule has 7 nitrogen and oxygen atoms in total. The van der Waals surface area contributed by atoms with E-state index in [2.05, 4.69) is 5.32 Å². The number of urea groups is 1. The summed E-state index contributed by atoms with van der Waals surface area (Å²) in [6.45, 7) is 6.23. The molecule has 7 heteroatoms. The van der Waals surface area contributed by atoms with Crippen molar-refractivity contribution in [1.29, 1.82) is 0 Å². The van der Waals surface area contributed by atoms with E-state index in [-0.39, 0.29) is 18.7 Å². The molecule has 1 saturated heterocycles. The van der Waals surface area contributed by atoms with Gasteiger partial charge in [0.1, 0.15) is 0 Å². The fraction of sp³-hybridized carbons (Fsp3) is 0.562. The van der Waals surface area contributed by atoms with Gasteiger partial charge in [-0.25, -0.2) is 4.79 Å². The van der Waals surface area contributed by atoms with Gasteiger partial charge in [0, 0.05) is 11.8 Å². The third kappa shape index (κ3) is 4.74. The minimum Gasteiger partial charge on any atom is -0.490 e. The summed E-state index contributed by atoms with van der Waals surface area (Å²) >= 11 is 0. The minimum atomic E-state index is -0.180. The van der Waals surface area contributed by atoms with Gasteiger partial charge in [-0.1, -0.05) is 0 Å². The van der Waals surface area contributed by atoms with E-state index in [1.807, 2.05) is 13.8 Å². The Labute approximate surface area is 136 Å². The highest BCUT2D eigenvalue weighted by molar-refractivity contribution is 5.90. The van der Waals surface area contributed by atoms with E-state index in [0.29, 0.717) is 50.1 Å². The first kappa shape index (κ1) is 17.4. The molecule has 0 radical (unpaired) electrons. The van der Waals surface area contributed by atoms with Crippen molar-refractivity contribution < 1.29 is 24.1 Å². The van der Waals surface area contributed by atoms with Gasteiger partial charge in [0.05, 0.1) is 45.6 Å². The maximum Gasteiger partial charge on any atom is 0.322 e. The SMILES string of the molecule is CCOc1ccc(NC(=O)N2CC(OCCO)C2)cc1OCC. The molecule has 0 bridgehead atoms. The number of aliphatic hydroxyl groups is 1. The maximum absolute atomic E-state index is 12.1. The quantitative estimate of drug-likeness (QED) is 0.761. The summed E-state index contributed by atoms with van der Waals surface area (Å²) in [7, 11) is 0. The lowest BCUT2D eigenvalue weighted by atomic mass is 10.2. The lowest BCUT2D eigenvalue weighted by molar-refractivity contribution is -0.0440. The molecular weight excluding hydrogens is 300 g/mol. The van der Waals surface area contributed by atoms with Crippen LogP contribution in [0.1, 0.15) is 13.8 Å². The summed E-state index contributed by atoms with van der Waals surface area (Å²) in [4.78, 5) is 13.8. The second-order valence-corrected chi connectivity index (χ2v) is 5.08. The molecule has 128 valence electrons. The van der Waals surface area contributed by atoms with E-state index in [9.17, 15) is 4.79 Å².